The van der Waals surface area contributed by atoms with E-state index in [0.717, 1.165) is 25.2 Å². The Balaban J connectivity index is 0. The molecule has 0 spiro atoms. The van der Waals surface area contributed by atoms with Crippen molar-refractivity contribution < 1.29 is 4.79 Å². The summed E-state index contributed by atoms with van der Waals surface area (Å²) in [6.07, 6.45) is 24.5. The zero-order valence-corrected chi connectivity index (χ0v) is 14.4. The van der Waals surface area contributed by atoms with Crippen LogP contribution < -0.4 is 0 Å². The fraction of sp³-hybridized carbons (Fsp3) is 0.750. The van der Waals surface area contributed by atoms with Crippen LogP contribution in [0.1, 0.15) is 90.9 Å². The van der Waals surface area contributed by atoms with E-state index in [9.17, 15) is 4.79 Å². The van der Waals surface area contributed by atoms with E-state index in [1.165, 1.54) is 57.8 Å². The van der Waals surface area contributed by atoms with Gasteiger partial charge in [-0.15, -0.1) is 19.4 Å². The van der Waals surface area contributed by atoms with Crippen molar-refractivity contribution in [1.29, 1.82) is 0 Å². The van der Waals surface area contributed by atoms with Crippen LogP contribution in [0.25, 0.3) is 0 Å². The largest absolute Gasteiger partial charge is 0.300 e. The Bertz CT molecular complexity index is 246. The van der Waals surface area contributed by atoms with Crippen molar-refractivity contribution in [3.63, 3.8) is 0 Å². The minimum atomic E-state index is 0.517. The van der Waals surface area contributed by atoms with Gasteiger partial charge in [-0.05, 0) is 25.7 Å². The van der Waals surface area contributed by atoms with Gasteiger partial charge in [0.25, 0.3) is 0 Å². The lowest BCUT2D eigenvalue weighted by Gasteiger charge is -2.07. The van der Waals surface area contributed by atoms with Crippen molar-refractivity contribution in [2.75, 3.05) is 0 Å². The van der Waals surface area contributed by atoms with Crippen molar-refractivity contribution in [3.8, 4) is 12.8 Å². The molecule has 122 valence electrons. The summed E-state index contributed by atoms with van der Waals surface area (Å²) in [7, 11) is 0. The van der Waals surface area contributed by atoms with Gasteiger partial charge < -0.3 is 0 Å². The van der Waals surface area contributed by atoms with Crippen LogP contribution >= 0.6 is 0 Å². The molecule has 0 heterocycles. The highest BCUT2D eigenvalue weighted by Gasteiger charge is 2.15. The number of carbonyl (C=O) groups is 1. The zero-order valence-electron chi connectivity index (χ0n) is 14.4. The van der Waals surface area contributed by atoms with E-state index in [-0.39, 0.29) is 0 Å². The second-order valence-corrected chi connectivity index (χ2v) is 5.80. The molecular formula is C20H36O. The van der Waals surface area contributed by atoms with Crippen LogP contribution in [0.2, 0.25) is 0 Å². The van der Waals surface area contributed by atoms with Gasteiger partial charge in [-0.1, -0.05) is 64.4 Å². The Morgan fingerprint density at radius 3 is 2.14 bits per heavy atom. The SMILES string of the molecule is C#C.C=CC.CCCCCCCC(=O)CCC1CCCC1. The molecule has 0 aliphatic heterocycles. The number of hydrogen-bond acceptors (Lipinski definition) is 1. The average molecular weight is 293 g/mol. The van der Waals surface area contributed by atoms with Gasteiger partial charge in [0.2, 0.25) is 0 Å². The molecule has 1 nitrogen and oxygen atoms in total. The van der Waals surface area contributed by atoms with E-state index in [0.29, 0.717) is 5.78 Å². The zero-order chi connectivity index (χ0) is 16.3. The number of unbranched alkanes of at least 4 members (excludes halogenated alkanes) is 4. The third-order valence-electron chi connectivity index (χ3n) is 3.87. The number of ketones is 1. The van der Waals surface area contributed by atoms with Crippen LogP contribution in [0.4, 0.5) is 0 Å². The smallest absolute Gasteiger partial charge is 0.132 e. The standard InChI is InChI=1S/C15H28O.C3H6.C2H2/c1-2-3-4-5-6-11-15(16)13-12-14-9-7-8-10-14;1-3-2;1-2/h14H,2-13H2,1H3;3H,1H2,2H3;1-2H. The van der Waals surface area contributed by atoms with Gasteiger partial charge in [0.15, 0.2) is 0 Å². The molecule has 1 heteroatoms. The van der Waals surface area contributed by atoms with Crippen molar-refractivity contribution in [1.82, 2.24) is 0 Å². The Morgan fingerprint density at radius 1 is 1.10 bits per heavy atom. The summed E-state index contributed by atoms with van der Waals surface area (Å²) in [6, 6.07) is 0. The van der Waals surface area contributed by atoms with Gasteiger partial charge in [0, 0.05) is 12.8 Å². The Labute approximate surface area is 133 Å². The molecular weight excluding hydrogens is 256 g/mol. The molecule has 21 heavy (non-hydrogen) atoms. The Morgan fingerprint density at radius 2 is 1.62 bits per heavy atom. The van der Waals surface area contributed by atoms with E-state index in [2.05, 4.69) is 26.3 Å². The highest BCUT2D eigenvalue weighted by atomic mass is 16.1. The second-order valence-electron chi connectivity index (χ2n) is 5.80. The first-order valence-corrected chi connectivity index (χ1v) is 8.66. The molecule has 0 aromatic carbocycles. The van der Waals surface area contributed by atoms with E-state index in [1.54, 1.807) is 6.08 Å². The summed E-state index contributed by atoms with van der Waals surface area (Å²) in [5.41, 5.74) is 0. The van der Waals surface area contributed by atoms with Crippen LogP contribution in [0, 0.1) is 18.8 Å². The van der Waals surface area contributed by atoms with Crippen LogP contribution in [0.3, 0.4) is 0 Å². The molecule has 1 saturated carbocycles. The van der Waals surface area contributed by atoms with Crippen molar-refractivity contribution >= 4 is 5.78 Å². The highest BCUT2D eigenvalue weighted by molar-refractivity contribution is 5.78. The van der Waals surface area contributed by atoms with Crippen LogP contribution in [0.15, 0.2) is 12.7 Å². The minimum Gasteiger partial charge on any atom is -0.300 e. The first kappa shape index (κ1) is 22.3. The van der Waals surface area contributed by atoms with E-state index in [4.69, 9.17) is 0 Å². The Hall–Kier alpha value is -1.03. The predicted octanol–water partition coefficient (Wildman–Crippen LogP) is 6.33. The normalized spacial score (nSPS) is 13.5. The lowest BCUT2D eigenvalue weighted by atomic mass is 9.98. The molecule has 1 aliphatic carbocycles. The number of allylic oxidation sites excluding steroid dienone is 1. The number of carbonyl (C=O) groups excluding carboxylic acids is 1. The minimum absolute atomic E-state index is 0.517. The van der Waals surface area contributed by atoms with E-state index < -0.39 is 0 Å². The van der Waals surface area contributed by atoms with Gasteiger partial charge in [-0.2, -0.15) is 0 Å². The summed E-state index contributed by atoms with van der Waals surface area (Å²) in [5, 5.41) is 0. The van der Waals surface area contributed by atoms with Gasteiger partial charge in [-0.25, -0.2) is 0 Å². The van der Waals surface area contributed by atoms with Gasteiger partial charge in [0.1, 0.15) is 5.78 Å². The molecule has 0 aromatic rings. The molecule has 0 unspecified atom stereocenters. The van der Waals surface area contributed by atoms with Gasteiger partial charge in [-0.3, -0.25) is 4.79 Å². The summed E-state index contributed by atoms with van der Waals surface area (Å²) in [6.45, 7) is 7.48. The van der Waals surface area contributed by atoms with Crippen molar-refractivity contribution in [3.05, 3.63) is 12.7 Å². The number of Topliss-reactive ketones (excluding diaryl/α,β-unsaturated/α-hetero) is 1. The summed E-state index contributed by atoms with van der Waals surface area (Å²) >= 11 is 0. The van der Waals surface area contributed by atoms with Crippen molar-refractivity contribution in [2.24, 2.45) is 5.92 Å². The molecule has 0 atom stereocenters. The van der Waals surface area contributed by atoms with Crippen LogP contribution in [-0.4, -0.2) is 5.78 Å². The van der Waals surface area contributed by atoms with Gasteiger partial charge in [0.05, 0.1) is 0 Å². The monoisotopic (exact) mass is 292 g/mol. The molecule has 0 saturated heterocycles. The maximum atomic E-state index is 11.6. The highest BCUT2D eigenvalue weighted by Crippen LogP contribution is 2.28. The molecule has 1 fully saturated rings. The molecule has 1 rings (SSSR count). The fourth-order valence-corrected chi connectivity index (χ4v) is 2.71. The van der Waals surface area contributed by atoms with E-state index in [1.807, 2.05) is 6.92 Å². The lowest BCUT2D eigenvalue weighted by Crippen LogP contribution is -2.02. The number of rotatable bonds is 9. The number of hydrogen-bond donors (Lipinski definition) is 0. The Kier molecular flexibility index (Phi) is 20.1. The lowest BCUT2D eigenvalue weighted by molar-refractivity contribution is -0.119. The van der Waals surface area contributed by atoms with Gasteiger partial charge >= 0.3 is 0 Å². The summed E-state index contributed by atoms with van der Waals surface area (Å²) in [4.78, 5) is 11.6. The summed E-state index contributed by atoms with van der Waals surface area (Å²) < 4.78 is 0. The first-order valence-electron chi connectivity index (χ1n) is 8.66. The average Bonchev–Trinajstić information content (AvgIpc) is 3.01. The van der Waals surface area contributed by atoms with Crippen molar-refractivity contribution in [2.45, 2.75) is 90.9 Å². The van der Waals surface area contributed by atoms with Crippen LogP contribution in [0.5, 0.6) is 0 Å². The molecule has 0 bridgehead atoms. The maximum absolute atomic E-state index is 11.6. The molecule has 0 amide bonds. The topological polar surface area (TPSA) is 17.1 Å². The second kappa shape index (κ2) is 19.0. The third-order valence-corrected chi connectivity index (χ3v) is 3.87. The first-order chi connectivity index (χ1) is 10.2. The molecule has 0 radical (unpaired) electrons. The maximum Gasteiger partial charge on any atom is 0.132 e. The molecule has 1 aliphatic rings. The quantitative estimate of drug-likeness (QED) is 0.276. The third kappa shape index (κ3) is 16.9. The number of terminal acetylenes is 1. The fourth-order valence-electron chi connectivity index (χ4n) is 2.71. The molecule has 0 aromatic heterocycles. The molecule has 0 N–H and O–H groups in total. The van der Waals surface area contributed by atoms with E-state index >= 15 is 0 Å². The summed E-state index contributed by atoms with van der Waals surface area (Å²) in [5.74, 6) is 1.40. The predicted molar refractivity (Wildman–Crippen MR) is 95.3 cm³/mol. The van der Waals surface area contributed by atoms with Crippen LogP contribution in [-0.2, 0) is 4.79 Å².